The highest BCUT2D eigenvalue weighted by Gasteiger charge is 2.22. The summed E-state index contributed by atoms with van der Waals surface area (Å²) in [6.07, 6.45) is 1.37. The van der Waals surface area contributed by atoms with E-state index in [1.807, 2.05) is 21.1 Å². The van der Waals surface area contributed by atoms with Crippen molar-refractivity contribution in [3.05, 3.63) is 0 Å². The number of aliphatic carboxylic acids is 1. The van der Waals surface area contributed by atoms with Crippen molar-refractivity contribution in [1.29, 1.82) is 0 Å². The molecule has 0 aromatic carbocycles. The predicted octanol–water partition coefficient (Wildman–Crippen LogP) is -0.703. The summed E-state index contributed by atoms with van der Waals surface area (Å²) in [5, 5.41) is 19.3. The van der Waals surface area contributed by atoms with Gasteiger partial charge in [-0.25, -0.2) is 0 Å². The highest BCUT2D eigenvalue weighted by Crippen LogP contribution is 2.08. The van der Waals surface area contributed by atoms with Gasteiger partial charge < -0.3 is 24.2 Å². The molecule has 0 bridgehead atoms. The Morgan fingerprint density at radius 2 is 1.84 bits per heavy atom. The molecule has 0 aromatic heterocycles. The molecular formula is C13H25NO5. The van der Waals surface area contributed by atoms with Gasteiger partial charge in [0.25, 0.3) is 0 Å². The van der Waals surface area contributed by atoms with Crippen LogP contribution in [0.25, 0.3) is 0 Å². The molecule has 0 radical (unpaired) electrons. The fourth-order valence-corrected chi connectivity index (χ4v) is 1.74. The number of aliphatic hydroxyl groups is 1. The van der Waals surface area contributed by atoms with Gasteiger partial charge in [-0.3, -0.25) is 4.79 Å². The molecule has 6 heteroatoms. The van der Waals surface area contributed by atoms with Crippen LogP contribution in [0.2, 0.25) is 0 Å². The first-order chi connectivity index (χ1) is 8.74. The standard InChI is InChI=1S/C13H25NO5/c1-14(2,3)10-11(9-12(16)17)19-13(18)7-5-4-6-8-15/h11,15H,4-10H2,1-3H3. The summed E-state index contributed by atoms with van der Waals surface area (Å²) in [6, 6.07) is 0. The number of esters is 1. The van der Waals surface area contributed by atoms with Crippen molar-refractivity contribution in [2.75, 3.05) is 34.3 Å². The Kier molecular flexibility index (Phi) is 8.34. The van der Waals surface area contributed by atoms with Crippen LogP contribution >= 0.6 is 0 Å². The Bertz CT molecular complexity index is 285. The lowest BCUT2D eigenvalue weighted by atomic mass is 10.2. The fourth-order valence-electron chi connectivity index (χ4n) is 1.74. The first-order valence-electron chi connectivity index (χ1n) is 6.55. The lowest BCUT2D eigenvalue weighted by Crippen LogP contribution is -2.45. The zero-order valence-electron chi connectivity index (χ0n) is 12.1. The number of carboxylic acids is 1. The molecule has 112 valence electrons. The van der Waals surface area contributed by atoms with Gasteiger partial charge in [-0.05, 0) is 12.8 Å². The van der Waals surface area contributed by atoms with Crippen molar-refractivity contribution >= 4 is 11.9 Å². The molecule has 19 heavy (non-hydrogen) atoms. The molecule has 0 rings (SSSR count). The van der Waals surface area contributed by atoms with E-state index >= 15 is 0 Å². The van der Waals surface area contributed by atoms with Crippen LogP contribution in [-0.4, -0.2) is 61.9 Å². The molecule has 1 unspecified atom stereocenters. The van der Waals surface area contributed by atoms with Gasteiger partial charge >= 0.3 is 5.97 Å². The normalized spacial score (nSPS) is 13.1. The van der Waals surface area contributed by atoms with Crippen LogP contribution < -0.4 is 5.11 Å². The van der Waals surface area contributed by atoms with Crippen molar-refractivity contribution in [1.82, 2.24) is 0 Å². The first kappa shape index (κ1) is 17.9. The largest absolute Gasteiger partial charge is 0.550 e. The van der Waals surface area contributed by atoms with E-state index in [-0.39, 0.29) is 19.4 Å². The Morgan fingerprint density at radius 3 is 2.32 bits per heavy atom. The van der Waals surface area contributed by atoms with Crippen LogP contribution in [0.4, 0.5) is 0 Å². The van der Waals surface area contributed by atoms with Crippen LogP contribution in [0.15, 0.2) is 0 Å². The molecule has 1 atom stereocenters. The van der Waals surface area contributed by atoms with E-state index < -0.39 is 18.0 Å². The highest BCUT2D eigenvalue weighted by molar-refractivity contribution is 5.70. The van der Waals surface area contributed by atoms with E-state index in [4.69, 9.17) is 9.84 Å². The number of aliphatic hydroxyl groups excluding tert-OH is 1. The summed E-state index contributed by atoms with van der Waals surface area (Å²) in [6.45, 7) is 0.542. The molecule has 0 aliphatic rings. The number of carboxylic acid groups (broad SMARTS) is 1. The molecule has 1 N–H and O–H groups in total. The second-order valence-corrected chi connectivity index (χ2v) is 5.70. The highest BCUT2D eigenvalue weighted by atomic mass is 16.5. The first-order valence-corrected chi connectivity index (χ1v) is 6.55. The van der Waals surface area contributed by atoms with Gasteiger partial charge in [-0.2, -0.15) is 0 Å². The molecule has 6 nitrogen and oxygen atoms in total. The average molecular weight is 275 g/mol. The number of ether oxygens (including phenoxy) is 1. The fraction of sp³-hybridized carbons (Fsp3) is 0.846. The molecule has 0 saturated heterocycles. The van der Waals surface area contributed by atoms with E-state index in [1.165, 1.54) is 0 Å². The molecule has 0 amide bonds. The van der Waals surface area contributed by atoms with Crippen molar-refractivity contribution in [2.45, 2.75) is 38.2 Å². The Hall–Kier alpha value is -1.14. The van der Waals surface area contributed by atoms with Crippen LogP contribution in [0.5, 0.6) is 0 Å². The number of nitrogens with zero attached hydrogens (tertiary/aromatic N) is 1. The van der Waals surface area contributed by atoms with E-state index in [0.717, 1.165) is 6.42 Å². The van der Waals surface area contributed by atoms with Crippen LogP contribution in [0, 0.1) is 0 Å². The maximum absolute atomic E-state index is 11.6. The van der Waals surface area contributed by atoms with Crippen molar-refractivity contribution in [3.63, 3.8) is 0 Å². The zero-order valence-corrected chi connectivity index (χ0v) is 12.1. The minimum Gasteiger partial charge on any atom is -0.550 e. The van der Waals surface area contributed by atoms with Crippen molar-refractivity contribution < 1.29 is 29.0 Å². The number of quaternary nitrogens is 1. The number of hydrogen-bond acceptors (Lipinski definition) is 5. The number of unbranched alkanes of at least 4 members (excludes halogenated alkanes) is 2. The van der Waals surface area contributed by atoms with E-state index in [1.54, 1.807) is 0 Å². The third kappa shape index (κ3) is 11.7. The summed E-state index contributed by atoms with van der Waals surface area (Å²) in [5.74, 6) is -1.61. The summed E-state index contributed by atoms with van der Waals surface area (Å²) < 4.78 is 5.69. The lowest BCUT2D eigenvalue weighted by molar-refractivity contribution is -0.873. The molecule has 0 spiro atoms. The minimum atomic E-state index is -1.22. The molecule has 0 aliphatic heterocycles. The monoisotopic (exact) mass is 275 g/mol. The molecule has 0 aliphatic carbocycles. The van der Waals surface area contributed by atoms with Gasteiger partial charge in [-0.1, -0.05) is 6.42 Å². The SMILES string of the molecule is C[N+](C)(C)CC(CC(=O)[O-])OC(=O)CCCCCO. The number of rotatable bonds is 10. The van der Waals surface area contributed by atoms with E-state index in [0.29, 0.717) is 23.9 Å². The van der Waals surface area contributed by atoms with Gasteiger partial charge in [-0.15, -0.1) is 0 Å². The number of hydrogen-bond donors (Lipinski definition) is 1. The number of likely N-dealkylation sites (N-methyl/N-ethyl adjacent to an activating group) is 1. The van der Waals surface area contributed by atoms with Crippen LogP contribution in [0.3, 0.4) is 0 Å². The second kappa shape index (κ2) is 8.87. The molecule has 0 saturated carbocycles. The number of carbonyl (C=O) groups excluding carboxylic acids is 2. The van der Waals surface area contributed by atoms with Crippen molar-refractivity contribution in [2.24, 2.45) is 0 Å². The van der Waals surface area contributed by atoms with Gasteiger partial charge in [0.15, 0.2) is 6.10 Å². The van der Waals surface area contributed by atoms with E-state index in [9.17, 15) is 14.7 Å². The smallest absolute Gasteiger partial charge is 0.306 e. The summed E-state index contributed by atoms with van der Waals surface area (Å²) in [5.41, 5.74) is 0. The summed E-state index contributed by atoms with van der Waals surface area (Å²) in [7, 11) is 5.70. The van der Waals surface area contributed by atoms with Crippen LogP contribution in [-0.2, 0) is 14.3 Å². The Morgan fingerprint density at radius 1 is 1.21 bits per heavy atom. The quantitative estimate of drug-likeness (QED) is 0.323. The molecule has 0 aromatic rings. The van der Waals surface area contributed by atoms with Crippen LogP contribution in [0.1, 0.15) is 32.1 Å². The van der Waals surface area contributed by atoms with Gasteiger partial charge in [0, 0.05) is 25.4 Å². The predicted molar refractivity (Wildman–Crippen MR) is 68.0 cm³/mol. The maximum atomic E-state index is 11.6. The van der Waals surface area contributed by atoms with Gasteiger partial charge in [0.2, 0.25) is 0 Å². The Labute approximate surface area is 114 Å². The van der Waals surface area contributed by atoms with Gasteiger partial charge in [0.05, 0.1) is 21.1 Å². The second-order valence-electron chi connectivity index (χ2n) is 5.70. The average Bonchev–Trinajstić information content (AvgIpc) is 2.20. The third-order valence-electron chi connectivity index (χ3n) is 2.48. The zero-order chi connectivity index (χ0) is 14.9. The molecule has 0 heterocycles. The molecular weight excluding hydrogens is 250 g/mol. The van der Waals surface area contributed by atoms with Crippen molar-refractivity contribution in [3.8, 4) is 0 Å². The lowest BCUT2D eigenvalue weighted by Gasteiger charge is -2.29. The maximum Gasteiger partial charge on any atom is 0.306 e. The minimum absolute atomic E-state index is 0.115. The third-order valence-corrected chi connectivity index (χ3v) is 2.48. The summed E-state index contributed by atoms with van der Waals surface area (Å²) >= 11 is 0. The Balaban J connectivity index is 4.15. The van der Waals surface area contributed by atoms with E-state index in [2.05, 4.69) is 0 Å². The topological polar surface area (TPSA) is 86.7 Å². The van der Waals surface area contributed by atoms with Gasteiger partial charge in [0.1, 0.15) is 6.54 Å². The number of carbonyl (C=O) groups is 2. The molecule has 0 fully saturated rings. The summed E-state index contributed by atoms with van der Waals surface area (Å²) in [4.78, 5) is 22.2.